The van der Waals surface area contributed by atoms with Gasteiger partial charge < -0.3 is 5.32 Å². The first-order chi connectivity index (χ1) is 9.54. The minimum absolute atomic E-state index is 0.244. The average Bonchev–Trinajstić information content (AvgIpc) is 2.70. The molecule has 0 atom stereocenters. The van der Waals surface area contributed by atoms with Crippen LogP contribution in [-0.2, 0) is 4.79 Å². The highest BCUT2D eigenvalue weighted by Crippen LogP contribution is 2.34. The Bertz CT molecular complexity index is 756. The van der Waals surface area contributed by atoms with E-state index in [0.29, 0.717) is 11.1 Å². The molecule has 20 heavy (non-hydrogen) atoms. The van der Waals surface area contributed by atoms with E-state index in [9.17, 15) is 13.6 Å². The van der Waals surface area contributed by atoms with E-state index in [1.807, 2.05) is 18.2 Å². The number of rotatable bonds is 1. The Morgan fingerprint density at radius 3 is 2.60 bits per heavy atom. The highest BCUT2D eigenvalue weighted by molar-refractivity contribution is 14.1. The van der Waals surface area contributed by atoms with Crippen LogP contribution >= 0.6 is 22.6 Å². The Morgan fingerprint density at radius 1 is 1.05 bits per heavy atom. The number of hydrogen-bond donors (Lipinski definition) is 1. The third-order valence-corrected chi connectivity index (χ3v) is 3.69. The fourth-order valence-corrected chi connectivity index (χ4v) is 2.56. The molecule has 100 valence electrons. The lowest BCUT2D eigenvalue weighted by Gasteiger charge is -2.00. The number of halogens is 3. The van der Waals surface area contributed by atoms with Gasteiger partial charge in [-0.15, -0.1) is 0 Å². The maximum Gasteiger partial charge on any atom is 0.256 e. The molecule has 3 rings (SSSR count). The van der Waals surface area contributed by atoms with Gasteiger partial charge in [-0.2, -0.15) is 0 Å². The molecule has 0 aliphatic carbocycles. The molecule has 0 aromatic heterocycles. The van der Waals surface area contributed by atoms with Gasteiger partial charge in [-0.05, 0) is 64.6 Å². The van der Waals surface area contributed by atoms with E-state index in [4.69, 9.17) is 0 Å². The number of fused-ring (bicyclic) bond motifs is 1. The topological polar surface area (TPSA) is 29.1 Å². The summed E-state index contributed by atoms with van der Waals surface area (Å²) in [5.41, 5.74) is 2.39. The van der Waals surface area contributed by atoms with Gasteiger partial charge in [0.25, 0.3) is 5.91 Å². The van der Waals surface area contributed by atoms with Crippen LogP contribution in [0.5, 0.6) is 0 Å². The standard InChI is InChI=1S/C15H8F2INO/c16-12-3-1-8(6-13(12)17)5-11-10-7-9(18)2-4-14(10)19-15(11)20/h1-7H,(H,19,20). The second-order valence-corrected chi connectivity index (χ2v) is 5.62. The van der Waals surface area contributed by atoms with Crippen LogP contribution in [0, 0.1) is 15.2 Å². The number of benzene rings is 2. The summed E-state index contributed by atoms with van der Waals surface area (Å²) >= 11 is 2.16. The molecule has 0 unspecified atom stereocenters. The number of carbonyl (C=O) groups is 1. The van der Waals surface area contributed by atoms with Crippen LogP contribution in [0.1, 0.15) is 11.1 Å². The molecule has 0 spiro atoms. The summed E-state index contributed by atoms with van der Waals surface area (Å²) < 4.78 is 27.1. The van der Waals surface area contributed by atoms with Crippen LogP contribution in [0.25, 0.3) is 11.6 Å². The predicted octanol–water partition coefficient (Wildman–Crippen LogP) is 4.06. The van der Waals surface area contributed by atoms with Gasteiger partial charge in [0.1, 0.15) is 0 Å². The lowest BCUT2D eigenvalue weighted by Crippen LogP contribution is -2.03. The van der Waals surface area contributed by atoms with Crippen LogP contribution < -0.4 is 5.32 Å². The molecule has 2 aromatic rings. The van der Waals surface area contributed by atoms with Gasteiger partial charge in [0.05, 0.1) is 0 Å². The predicted molar refractivity (Wildman–Crippen MR) is 82.0 cm³/mol. The number of amides is 1. The fraction of sp³-hybridized carbons (Fsp3) is 0. The van der Waals surface area contributed by atoms with Crippen molar-refractivity contribution >= 4 is 45.8 Å². The molecule has 0 saturated heterocycles. The molecular weight excluding hydrogens is 375 g/mol. The molecule has 0 saturated carbocycles. The first-order valence-electron chi connectivity index (χ1n) is 5.82. The van der Waals surface area contributed by atoms with Crippen LogP contribution in [0.15, 0.2) is 36.4 Å². The zero-order valence-electron chi connectivity index (χ0n) is 10.1. The first kappa shape index (κ1) is 13.2. The molecule has 0 radical (unpaired) electrons. The lowest BCUT2D eigenvalue weighted by molar-refractivity contribution is -0.110. The largest absolute Gasteiger partial charge is 0.321 e. The van der Waals surface area contributed by atoms with Gasteiger partial charge in [0, 0.05) is 20.4 Å². The maximum atomic E-state index is 13.2. The van der Waals surface area contributed by atoms with Crippen molar-refractivity contribution in [2.45, 2.75) is 0 Å². The third kappa shape index (κ3) is 2.33. The van der Waals surface area contributed by atoms with E-state index in [2.05, 4.69) is 27.9 Å². The minimum Gasteiger partial charge on any atom is -0.321 e. The number of hydrogen-bond acceptors (Lipinski definition) is 1. The van der Waals surface area contributed by atoms with Gasteiger partial charge in [-0.3, -0.25) is 4.79 Å². The molecule has 5 heteroatoms. The summed E-state index contributed by atoms with van der Waals surface area (Å²) in [6.07, 6.45) is 1.56. The zero-order valence-corrected chi connectivity index (χ0v) is 12.2. The quantitative estimate of drug-likeness (QED) is 0.584. The second kappa shape index (κ2) is 4.97. The van der Waals surface area contributed by atoms with E-state index < -0.39 is 11.6 Å². The first-order valence-corrected chi connectivity index (χ1v) is 6.90. The molecule has 2 nitrogen and oxygen atoms in total. The van der Waals surface area contributed by atoms with Crippen LogP contribution in [0.4, 0.5) is 14.5 Å². The molecule has 1 amide bonds. The van der Waals surface area contributed by atoms with E-state index in [-0.39, 0.29) is 5.91 Å². The van der Waals surface area contributed by atoms with E-state index in [0.717, 1.165) is 27.0 Å². The van der Waals surface area contributed by atoms with Crippen molar-refractivity contribution in [1.29, 1.82) is 0 Å². The maximum absolute atomic E-state index is 13.2. The Labute approximate surface area is 127 Å². The fourth-order valence-electron chi connectivity index (χ4n) is 2.07. The van der Waals surface area contributed by atoms with Gasteiger partial charge in [-0.25, -0.2) is 8.78 Å². The molecule has 2 aromatic carbocycles. The van der Waals surface area contributed by atoms with E-state index >= 15 is 0 Å². The van der Waals surface area contributed by atoms with Gasteiger partial charge in [0.15, 0.2) is 11.6 Å². The van der Waals surface area contributed by atoms with E-state index in [1.165, 1.54) is 6.07 Å². The molecule has 1 aliphatic heterocycles. The summed E-state index contributed by atoms with van der Waals surface area (Å²) in [7, 11) is 0. The SMILES string of the molecule is O=C1Nc2ccc(I)cc2C1=Cc1ccc(F)c(F)c1. The summed E-state index contributed by atoms with van der Waals surface area (Å²) in [5, 5.41) is 2.74. The third-order valence-electron chi connectivity index (χ3n) is 3.02. The van der Waals surface area contributed by atoms with Crippen molar-refractivity contribution in [1.82, 2.24) is 0 Å². The van der Waals surface area contributed by atoms with Crippen LogP contribution in [-0.4, -0.2) is 5.91 Å². The molecule has 1 heterocycles. The molecule has 0 fully saturated rings. The highest BCUT2D eigenvalue weighted by atomic mass is 127. The van der Waals surface area contributed by atoms with Crippen molar-refractivity contribution in [3.63, 3.8) is 0 Å². The van der Waals surface area contributed by atoms with Crippen molar-refractivity contribution in [3.05, 3.63) is 62.7 Å². The van der Waals surface area contributed by atoms with E-state index in [1.54, 1.807) is 6.08 Å². The molecule has 0 bridgehead atoms. The molecular formula is C15H8F2INO. The summed E-state index contributed by atoms with van der Waals surface area (Å²) in [6, 6.07) is 9.14. The normalized spacial score (nSPS) is 15.3. The van der Waals surface area contributed by atoms with Gasteiger partial charge in [0.2, 0.25) is 0 Å². The monoisotopic (exact) mass is 383 g/mol. The average molecular weight is 383 g/mol. The van der Waals surface area contributed by atoms with Gasteiger partial charge >= 0.3 is 0 Å². The van der Waals surface area contributed by atoms with Crippen LogP contribution in [0.2, 0.25) is 0 Å². The zero-order chi connectivity index (χ0) is 14.3. The number of nitrogens with one attached hydrogen (secondary N) is 1. The summed E-state index contributed by atoms with van der Waals surface area (Å²) in [4.78, 5) is 11.9. The smallest absolute Gasteiger partial charge is 0.256 e. The number of carbonyl (C=O) groups excluding carboxylic acids is 1. The Morgan fingerprint density at radius 2 is 1.85 bits per heavy atom. The van der Waals surface area contributed by atoms with Crippen molar-refractivity contribution in [2.24, 2.45) is 0 Å². The number of anilines is 1. The van der Waals surface area contributed by atoms with Crippen molar-refractivity contribution in [2.75, 3.05) is 5.32 Å². The summed E-state index contributed by atoms with van der Waals surface area (Å²) in [5.74, 6) is -2.08. The Balaban J connectivity index is 2.10. The Hall–Kier alpha value is -1.76. The van der Waals surface area contributed by atoms with Crippen molar-refractivity contribution < 1.29 is 13.6 Å². The van der Waals surface area contributed by atoms with Gasteiger partial charge in [-0.1, -0.05) is 6.07 Å². The summed E-state index contributed by atoms with van der Waals surface area (Å²) in [6.45, 7) is 0. The molecule has 1 N–H and O–H groups in total. The van der Waals surface area contributed by atoms with Crippen molar-refractivity contribution in [3.8, 4) is 0 Å². The lowest BCUT2D eigenvalue weighted by atomic mass is 10.0. The Kier molecular flexibility index (Phi) is 3.29. The molecule has 1 aliphatic rings. The minimum atomic E-state index is -0.930. The van der Waals surface area contributed by atoms with Crippen LogP contribution in [0.3, 0.4) is 0 Å². The highest BCUT2D eigenvalue weighted by Gasteiger charge is 2.24. The second-order valence-electron chi connectivity index (χ2n) is 4.38.